The van der Waals surface area contributed by atoms with E-state index in [0.29, 0.717) is 0 Å². The van der Waals surface area contributed by atoms with E-state index in [2.05, 4.69) is 11.6 Å². The molecule has 14 heavy (non-hydrogen) atoms. The summed E-state index contributed by atoms with van der Waals surface area (Å²) >= 11 is 0. The van der Waals surface area contributed by atoms with E-state index in [1.165, 1.54) is 24.8 Å². The summed E-state index contributed by atoms with van der Waals surface area (Å²) in [7, 11) is 0. The Kier molecular flexibility index (Phi) is 4.76. The van der Waals surface area contributed by atoms with Crippen LogP contribution in [-0.4, -0.2) is 4.98 Å². The molecule has 1 rings (SSSR count). The number of nitrogens with zero attached hydrogens (tertiary/aromatic N) is 1. The standard InChI is InChI=1S/C12H18N2/c1-2-3-4-5-6-7-11-10-14-9-8-12(11)13/h2,8-10H,1,3-7H2,(H2,13,14). The van der Waals surface area contributed by atoms with Crippen molar-refractivity contribution in [2.45, 2.75) is 32.1 Å². The van der Waals surface area contributed by atoms with Crippen LogP contribution in [0.15, 0.2) is 31.1 Å². The van der Waals surface area contributed by atoms with Gasteiger partial charge in [-0.15, -0.1) is 6.58 Å². The Morgan fingerprint density at radius 2 is 2.21 bits per heavy atom. The van der Waals surface area contributed by atoms with Gasteiger partial charge in [0.25, 0.3) is 0 Å². The van der Waals surface area contributed by atoms with Crippen molar-refractivity contribution in [3.63, 3.8) is 0 Å². The first-order valence-corrected chi connectivity index (χ1v) is 5.14. The lowest BCUT2D eigenvalue weighted by atomic mass is 10.1. The van der Waals surface area contributed by atoms with Crippen LogP contribution >= 0.6 is 0 Å². The number of rotatable bonds is 6. The number of aromatic nitrogens is 1. The van der Waals surface area contributed by atoms with Crippen molar-refractivity contribution in [3.05, 3.63) is 36.7 Å². The third-order valence-corrected chi connectivity index (χ3v) is 2.30. The summed E-state index contributed by atoms with van der Waals surface area (Å²) in [4.78, 5) is 4.06. The second kappa shape index (κ2) is 6.19. The van der Waals surface area contributed by atoms with Gasteiger partial charge in [0.1, 0.15) is 0 Å². The molecule has 0 aromatic carbocycles. The summed E-state index contributed by atoms with van der Waals surface area (Å²) in [5, 5.41) is 0. The molecule has 0 fully saturated rings. The van der Waals surface area contributed by atoms with Crippen LogP contribution in [0.5, 0.6) is 0 Å². The van der Waals surface area contributed by atoms with Crippen molar-refractivity contribution in [2.75, 3.05) is 5.73 Å². The van der Waals surface area contributed by atoms with Gasteiger partial charge in [0.15, 0.2) is 0 Å². The molecule has 0 radical (unpaired) electrons. The number of pyridine rings is 1. The average molecular weight is 190 g/mol. The zero-order valence-corrected chi connectivity index (χ0v) is 8.58. The Morgan fingerprint density at radius 3 is 2.93 bits per heavy atom. The molecule has 1 aromatic heterocycles. The number of aryl methyl sites for hydroxylation is 1. The van der Waals surface area contributed by atoms with Crippen LogP contribution in [0.2, 0.25) is 0 Å². The summed E-state index contributed by atoms with van der Waals surface area (Å²) < 4.78 is 0. The van der Waals surface area contributed by atoms with Gasteiger partial charge in [0, 0.05) is 18.1 Å². The Morgan fingerprint density at radius 1 is 1.36 bits per heavy atom. The predicted octanol–water partition coefficient (Wildman–Crippen LogP) is 2.95. The summed E-state index contributed by atoms with van der Waals surface area (Å²) in [5.41, 5.74) is 7.84. The van der Waals surface area contributed by atoms with E-state index in [1.54, 1.807) is 6.20 Å². The van der Waals surface area contributed by atoms with E-state index in [0.717, 1.165) is 18.5 Å². The van der Waals surface area contributed by atoms with Gasteiger partial charge in [-0.25, -0.2) is 0 Å². The maximum Gasteiger partial charge on any atom is 0.0377 e. The number of unbranched alkanes of at least 4 members (excludes halogenated alkanes) is 3. The molecule has 0 spiro atoms. The van der Waals surface area contributed by atoms with Gasteiger partial charge >= 0.3 is 0 Å². The minimum absolute atomic E-state index is 0.865. The molecule has 2 nitrogen and oxygen atoms in total. The van der Waals surface area contributed by atoms with E-state index < -0.39 is 0 Å². The fourth-order valence-corrected chi connectivity index (χ4v) is 1.43. The largest absolute Gasteiger partial charge is 0.398 e. The van der Waals surface area contributed by atoms with Gasteiger partial charge < -0.3 is 5.73 Å². The first-order valence-electron chi connectivity index (χ1n) is 5.14. The molecule has 2 heteroatoms. The van der Waals surface area contributed by atoms with Crippen molar-refractivity contribution in [3.8, 4) is 0 Å². The SMILES string of the molecule is C=CCCCCCc1cnccc1N. The molecular weight excluding hydrogens is 172 g/mol. The van der Waals surface area contributed by atoms with Gasteiger partial charge in [-0.05, 0) is 37.3 Å². The van der Waals surface area contributed by atoms with Gasteiger partial charge in [0.05, 0.1) is 0 Å². The maximum atomic E-state index is 5.81. The number of nitrogens with two attached hydrogens (primary N) is 1. The Balaban J connectivity index is 2.24. The summed E-state index contributed by atoms with van der Waals surface area (Å²) in [6.07, 6.45) is 11.4. The highest BCUT2D eigenvalue weighted by Crippen LogP contribution is 2.13. The first kappa shape index (κ1) is 10.8. The van der Waals surface area contributed by atoms with Gasteiger partial charge in [-0.2, -0.15) is 0 Å². The van der Waals surface area contributed by atoms with Crippen molar-refractivity contribution < 1.29 is 0 Å². The van der Waals surface area contributed by atoms with E-state index in [9.17, 15) is 0 Å². The van der Waals surface area contributed by atoms with Crippen LogP contribution in [0.4, 0.5) is 5.69 Å². The van der Waals surface area contributed by atoms with Crippen molar-refractivity contribution >= 4 is 5.69 Å². The Labute approximate surface area is 85.9 Å². The van der Waals surface area contributed by atoms with Crippen LogP contribution in [0.1, 0.15) is 31.2 Å². The van der Waals surface area contributed by atoms with Crippen molar-refractivity contribution in [1.29, 1.82) is 0 Å². The molecule has 0 aliphatic carbocycles. The number of allylic oxidation sites excluding steroid dienone is 1. The highest BCUT2D eigenvalue weighted by Gasteiger charge is 1.97. The summed E-state index contributed by atoms with van der Waals surface area (Å²) in [5.74, 6) is 0. The van der Waals surface area contributed by atoms with Crippen molar-refractivity contribution in [1.82, 2.24) is 4.98 Å². The monoisotopic (exact) mass is 190 g/mol. The van der Waals surface area contributed by atoms with Crippen LogP contribution in [0.3, 0.4) is 0 Å². The Hall–Kier alpha value is -1.31. The molecule has 0 aliphatic heterocycles. The summed E-state index contributed by atoms with van der Waals surface area (Å²) in [6.45, 7) is 3.70. The molecule has 0 bridgehead atoms. The first-order chi connectivity index (χ1) is 6.84. The topological polar surface area (TPSA) is 38.9 Å². The molecule has 0 unspecified atom stereocenters. The summed E-state index contributed by atoms with van der Waals surface area (Å²) in [6, 6.07) is 1.86. The molecule has 1 heterocycles. The minimum Gasteiger partial charge on any atom is -0.398 e. The molecule has 2 N–H and O–H groups in total. The van der Waals surface area contributed by atoms with Gasteiger partial charge in [-0.1, -0.05) is 12.5 Å². The van der Waals surface area contributed by atoms with E-state index in [4.69, 9.17) is 5.73 Å². The van der Waals surface area contributed by atoms with Crippen LogP contribution in [0.25, 0.3) is 0 Å². The normalized spacial score (nSPS) is 10.0. The van der Waals surface area contributed by atoms with Crippen molar-refractivity contribution in [2.24, 2.45) is 0 Å². The molecule has 0 atom stereocenters. The zero-order valence-electron chi connectivity index (χ0n) is 8.58. The molecule has 0 aliphatic rings. The second-order valence-corrected chi connectivity index (χ2v) is 3.46. The van der Waals surface area contributed by atoms with Crippen LogP contribution < -0.4 is 5.73 Å². The quantitative estimate of drug-likeness (QED) is 0.553. The number of nitrogen functional groups attached to an aromatic ring is 1. The minimum atomic E-state index is 0.865. The molecule has 1 aromatic rings. The average Bonchev–Trinajstić information content (AvgIpc) is 2.20. The third-order valence-electron chi connectivity index (χ3n) is 2.30. The van der Waals surface area contributed by atoms with E-state index in [-0.39, 0.29) is 0 Å². The number of hydrogen-bond donors (Lipinski definition) is 1. The lowest BCUT2D eigenvalue weighted by Crippen LogP contribution is -1.95. The second-order valence-electron chi connectivity index (χ2n) is 3.46. The van der Waals surface area contributed by atoms with E-state index in [1.807, 2.05) is 18.3 Å². The molecule has 76 valence electrons. The van der Waals surface area contributed by atoms with E-state index >= 15 is 0 Å². The molecule has 0 saturated heterocycles. The van der Waals surface area contributed by atoms with Gasteiger partial charge in [-0.3, -0.25) is 4.98 Å². The highest BCUT2D eigenvalue weighted by molar-refractivity contribution is 5.44. The number of anilines is 1. The highest BCUT2D eigenvalue weighted by atomic mass is 14.7. The smallest absolute Gasteiger partial charge is 0.0377 e. The van der Waals surface area contributed by atoms with Gasteiger partial charge in [0.2, 0.25) is 0 Å². The Bertz CT molecular complexity index is 281. The lowest BCUT2D eigenvalue weighted by Gasteiger charge is -2.03. The molecular formula is C12H18N2. The maximum absolute atomic E-state index is 5.81. The number of hydrogen-bond acceptors (Lipinski definition) is 2. The predicted molar refractivity (Wildman–Crippen MR) is 61.0 cm³/mol. The zero-order chi connectivity index (χ0) is 10.2. The van der Waals surface area contributed by atoms with Crippen LogP contribution in [-0.2, 0) is 6.42 Å². The lowest BCUT2D eigenvalue weighted by molar-refractivity contribution is 0.687. The third kappa shape index (κ3) is 3.60. The molecule has 0 amide bonds. The molecule has 0 saturated carbocycles. The van der Waals surface area contributed by atoms with Crippen LogP contribution in [0, 0.1) is 0 Å². The fraction of sp³-hybridized carbons (Fsp3) is 0.417. The fourth-order valence-electron chi connectivity index (χ4n) is 1.43.